The summed E-state index contributed by atoms with van der Waals surface area (Å²) in [6.07, 6.45) is 3.92. The van der Waals surface area contributed by atoms with Crippen molar-refractivity contribution in [2.24, 2.45) is 0 Å². The fourth-order valence-corrected chi connectivity index (χ4v) is 0.192. The monoisotopic (exact) mass is 116 g/mol. The van der Waals surface area contributed by atoms with Gasteiger partial charge in [0.1, 0.15) is 0 Å². The molecule has 0 rings (SSSR count). The molecule has 0 saturated heterocycles. The quantitative estimate of drug-likeness (QED) is 0.503. The highest BCUT2D eigenvalue weighted by Gasteiger charge is 1.62. The predicted molar refractivity (Wildman–Crippen MR) is 38.0 cm³/mol. The molecule has 0 aromatic heterocycles. The molecule has 0 aliphatic carbocycles. The van der Waals surface area contributed by atoms with Crippen LogP contribution in [0.3, 0.4) is 0 Å². The van der Waals surface area contributed by atoms with E-state index in [2.05, 4.69) is 0 Å². The summed E-state index contributed by atoms with van der Waals surface area (Å²) in [7, 11) is 1.68. The van der Waals surface area contributed by atoms with E-state index in [1.807, 2.05) is 32.9 Å². The maximum Gasteiger partial charge on any atom is 0.0643 e. The number of hydrogen-bond donors (Lipinski definition) is 0. The van der Waals surface area contributed by atoms with Crippen molar-refractivity contribution in [1.29, 1.82) is 0 Å². The molecule has 0 aromatic rings. The Balaban J connectivity index is 0. The van der Waals surface area contributed by atoms with Gasteiger partial charge in [-0.1, -0.05) is 26.0 Å². The summed E-state index contributed by atoms with van der Waals surface area (Å²) in [5.74, 6) is 0. The Morgan fingerprint density at radius 3 is 2.00 bits per heavy atom. The minimum absolute atomic E-state index is 0.733. The van der Waals surface area contributed by atoms with Crippen molar-refractivity contribution in [2.45, 2.75) is 20.8 Å². The maximum absolute atomic E-state index is 4.70. The van der Waals surface area contributed by atoms with E-state index in [9.17, 15) is 0 Å². The lowest BCUT2D eigenvalue weighted by atomic mass is 10.6. The zero-order valence-electron chi connectivity index (χ0n) is 6.27. The molecular weight excluding hydrogens is 100 g/mol. The van der Waals surface area contributed by atoms with Crippen LogP contribution in [0.1, 0.15) is 20.8 Å². The first-order chi connectivity index (χ1) is 3.91. The fraction of sp³-hybridized carbons (Fsp3) is 0.714. The Bertz CT molecular complexity index is 39.7. The Morgan fingerprint density at radius 1 is 1.38 bits per heavy atom. The molecule has 0 N–H and O–H groups in total. The van der Waals surface area contributed by atoms with Crippen LogP contribution in [-0.2, 0) is 4.74 Å². The van der Waals surface area contributed by atoms with Crippen molar-refractivity contribution in [3.8, 4) is 0 Å². The normalized spacial score (nSPS) is 8.50. The van der Waals surface area contributed by atoms with E-state index in [1.54, 1.807) is 7.11 Å². The average molecular weight is 116 g/mol. The van der Waals surface area contributed by atoms with Gasteiger partial charge in [-0.3, -0.25) is 0 Å². The molecule has 0 unspecified atom stereocenters. The SMILES string of the molecule is C/C=C\COC.CC. The first kappa shape index (κ1) is 10.6. The van der Waals surface area contributed by atoms with Crippen LogP contribution in [0.4, 0.5) is 0 Å². The second kappa shape index (κ2) is 15.9. The number of hydrogen-bond acceptors (Lipinski definition) is 1. The molecule has 1 heteroatoms. The van der Waals surface area contributed by atoms with Crippen LogP contribution in [0.25, 0.3) is 0 Å². The van der Waals surface area contributed by atoms with Gasteiger partial charge < -0.3 is 4.74 Å². The first-order valence-electron chi connectivity index (χ1n) is 3.02. The summed E-state index contributed by atoms with van der Waals surface area (Å²) in [4.78, 5) is 0. The topological polar surface area (TPSA) is 9.23 Å². The van der Waals surface area contributed by atoms with Gasteiger partial charge in [0.15, 0.2) is 0 Å². The standard InChI is InChI=1S/C5H10O.C2H6/c1-3-4-5-6-2;1-2/h3-4H,5H2,1-2H3;1-2H3/b4-3-;. The second-order valence-corrected chi connectivity index (χ2v) is 1.02. The Hall–Kier alpha value is -0.300. The number of methoxy groups -OCH3 is 1. The molecule has 0 atom stereocenters. The molecule has 0 radical (unpaired) electrons. The van der Waals surface area contributed by atoms with E-state index in [-0.39, 0.29) is 0 Å². The lowest BCUT2D eigenvalue weighted by molar-refractivity contribution is 0.234. The molecule has 0 aliphatic rings. The van der Waals surface area contributed by atoms with Gasteiger partial charge in [0, 0.05) is 7.11 Å². The lowest BCUT2D eigenvalue weighted by Gasteiger charge is -1.81. The molecule has 1 nitrogen and oxygen atoms in total. The third kappa shape index (κ3) is 17.3. The van der Waals surface area contributed by atoms with E-state index < -0.39 is 0 Å². The Labute approximate surface area is 52.4 Å². The van der Waals surface area contributed by atoms with Gasteiger partial charge in [-0.05, 0) is 6.92 Å². The minimum atomic E-state index is 0.733. The van der Waals surface area contributed by atoms with Gasteiger partial charge in [0.05, 0.1) is 6.61 Å². The van der Waals surface area contributed by atoms with Crippen LogP contribution in [0.15, 0.2) is 12.2 Å². The molecule has 8 heavy (non-hydrogen) atoms. The lowest BCUT2D eigenvalue weighted by Crippen LogP contribution is -1.77. The van der Waals surface area contributed by atoms with E-state index in [0.717, 1.165) is 6.61 Å². The van der Waals surface area contributed by atoms with E-state index >= 15 is 0 Å². The van der Waals surface area contributed by atoms with Crippen LogP contribution in [0, 0.1) is 0 Å². The van der Waals surface area contributed by atoms with Gasteiger partial charge in [-0.15, -0.1) is 0 Å². The average Bonchev–Trinajstić information content (AvgIpc) is 1.88. The zero-order chi connectivity index (χ0) is 6.83. The van der Waals surface area contributed by atoms with E-state index in [0.29, 0.717) is 0 Å². The van der Waals surface area contributed by atoms with Crippen LogP contribution in [-0.4, -0.2) is 13.7 Å². The highest BCUT2D eigenvalue weighted by atomic mass is 16.5. The van der Waals surface area contributed by atoms with E-state index in [4.69, 9.17) is 4.74 Å². The molecular formula is C7H16O. The van der Waals surface area contributed by atoms with Crippen molar-refractivity contribution in [2.75, 3.05) is 13.7 Å². The molecule has 0 spiro atoms. The molecule has 0 heterocycles. The Kier molecular flexibility index (Phi) is 21.1. The van der Waals surface area contributed by atoms with Crippen molar-refractivity contribution in [3.05, 3.63) is 12.2 Å². The summed E-state index contributed by atoms with van der Waals surface area (Å²) >= 11 is 0. The molecule has 0 aromatic carbocycles. The first-order valence-corrected chi connectivity index (χ1v) is 3.02. The number of allylic oxidation sites excluding steroid dienone is 1. The van der Waals surface area contributed by atoms with Crippen molar-refractivity contribution in [3.63, 3.8) is 0 Å². The molecule has 0 amide bonds. The van der Waals surface area contributed by atoms with Gasteiger partial charge in [-0.25, -0.2) is 0 Å². The number of rotatable bonds is 2. The van der Waals surface area contributed by atoms with Crippen molar-refractivity contribution in [1.82, 2.24) is 0 Å². The van der Waals surface area contributed by atoms with Crippen LogP contribution in [0.5, 0.6) is 0 Å². The van der Waals surface area contributed by atoms with Gasteiger partial charge in [-0.2, -0.15) is 0 Å². The fourth-order valence-electron chi connectivity index (χ4n) is 0.192. The van der Waals surface area contributed by atoms with Crippen molar-refractivity contribution >= 4 is 0 Å². The highest BCUT2D eigenvalue weighted by Crippen LogP contribution is 1.68. The number of ether oxygens (including phenoxy) is 1. The maximum atomic E-state index is 4.70. The summed E-state index contributed by atoms with van der Waals surface area (Å²) in [6, 6.07) is 0. The molecule has 0 fully saturated rings. The van der Waals surface area contributed by atoms with Crippen LogP contribution < -0.4 is 0 Å². The van der Waals surface area contributed by atoms with Crippen LogP contribution in [0.2, 0.25) is 0 Å². The predicted octanol–water partition coefficient (Wildman–Crippen LogP) is 2.24. The van der Waals surface area contributed by atoms with Crippen molar-refractivity contribution < 1.29 is 4.74 Å². The third-order valence-corrected chi connectivity index (χ3v) is 0.499. The van der Waals surface area contributed by atoms with Gasteiger partial charge in [0.2, 0.25) is 0 Å². The third-order valence-electron chi connectivity index (χ3n) is 0.499. The summed E-state index contributed by atoms with van der Waals surface area (Å²) in [5, 5.41) is 0. The summed E-state index contributed by atoms with van der Waals surface area (Å²) < 4.78 is 4.70. The van der Waals surface area contributed by atoms with Gasteiger partial charge >= 0.3 is 0 Å². The Morgan fingerprint density at radius 2 is 1.88 bits per heavy atom. The van der Waals surface area contributed by atoms with Crippen LogP contribution >= 0.6 is 0 Å². The summed E-state index contributed by atoms with van der Waals surface area (Å²) in [5.41, 5.74) is 0. The minimum Gasteiger partial charge on any atom is -0.381 e. The molecule has 50 valence electrons. The second-order valence-electron chi connectivity index (χ2n) is 1.02. The zero-order valence-corrected chi connectivity index (χ0v) is 6.27. The van der Waals surface area contributed by atoms with E-state index in [1.165, 1.54) is 0 Å². The molecule has 0 bridgehead atoms. The molecule has 0 saturated carbocycles. The molecule has 0 aliphatic heterocycles. The van der Waals surface area contributed by atoms with Gasteiger partial charge in [0.25, 0.3) is 0 Å². The smallest absolute Gasteiger partial charge is 0.0643 e. The largest absolute Gasteiger partial charge is 0.381 e. The highest BCUT2D eigenvalue weighted by molar-refractivity contribution is 4.75. The summed E-state index contributed by atoms with van der Waals surface area (Å²) in [6.45, 7) is 6.70.